The number of carbonyl (C=O) groups excluding carboxylic acids is 1. The van der Waals surface area contributed by atoms with Crippen LogP contribution in [-0.2, 0) is 4.79 Å². The molecule has 24 heavy (non-hydrogen) atoms. The molecular weight excluding hydrogens is 354 g/mol. The molecule has 128 valence electrons. The fourth-order valence-corrected chi connectivity index (χ4v) is 2.53. The van der Waals surface area contributed by atoms with Crippen LogP contribution in [0, 0.1) is 0 Å². The van der Waals surface area contributed by atoms with Crippen LogP contribution in [0.3, 0.4) is 0 Å². The molecule has 0 unspecified atom stereocenters. The number of amides is 1. The maximum Gasteiger partial charge on any atom is 0.223 e. The predicted octanol–water partition coefficient (Wildman–Crippen LogP) is 3.43. The normalized spacial score (nSPS) is 13.5. The standard InChI is InChI=1S/C17H17Cl2FN2O2/c18-15(19)8-16(23)22-14(9-20)17(24)12-5-3-11(4-6-12)13-2-1-7-21-10-13/h1-7,10,14-15,17,24H,8-9H2,(H,22,23)/t14-,17-/m1/s1. The number of nitrogens with zero attached hydrogens (tertiary/aromatic N) is 1. The number of hydrogen-bond donors (Lipinski definition) is 2. The Bertz CT molecular complexity index is 653. The van der Waals surface area contributed by atoms with E-state index in [-0.39, 0.29) is 6.42 Å². The van der Waals surface area contributed by atoms with E-state index in [1.807, 2.05) is 12.1 Å². The molecule has 2 atom stereocenters. The van der Waals surface area contributed by atoms with Gasteiger partial charge in [0.2, 0.25) is 5.91 Å². The van der Waals surface area contributed by atoms with E-state index in [1.165, 1.54) is 0 Å². The van der Waals surface area contributed by atoms with Gasteiger partial charge in [-0.3, -0.25) is 9.78 Å². The quantitative estimate of drug-likeness (QED) is 0.733. The van der Waals surface area contributed by atoms with Crippen molar-refractivity contribution in [1.82, 2.24) is 10.3 Å². The van der Waals surface area contributed by atoms with Crippen molar-refractivity contribution in [3.8, 4) is 11.1 Å². The summed E-state index contributed by atoms with van der Waals surface area (Å²) in [4.78, 5) is 14.8. The third kappa shape index (κ3) is 5.16. The Labute approximate surface area is 149 Å². The van der Waals surface area contributed by atoms with Crippen LogP contribution in [0.25, 0.3) is 11.1 Å². The van der Waals surface area contributed by atoms with Crippen molar-refractivity contribution in [2.75, 3.05) is 6.67 Å². The number of aliphatic hydroxyl groups is 1. The fraction of sp³-hybridized carbons (Fsp3) is 0.294. The number of nitrogens with one attached hydrogen (secondary N) is 1. The molecule has 0 saturated carbocycles. The van der Waals surface area contributed by atoms with E-state index in [1.54, 1.807) is 36.7 Å². The molecule has 1 aromatic carbocycles. The Morgan fingerprint density at radius 1 is 1.21 bits per heavy atom. The van der Waals surface area contributed by atoms with Crippen LogP contribution in [0.1, 0.15) is 18.1 Å². The van der Waals surface area contributed by atoms with Crippen molar-refractivity contribution < 1.29 is 14.3 Å². The average Bonchev–Trinajstić information content (AvgIpc) is 2.59. The molecule has 0 aliphatic heterocycles. The largest absolute Gasteiger partial charge is 0.386 e. The van der Waals surface area contributed by atoms with Gasteiger partial charge in [0.1, 0.15) is 17.6 Å². The van der Waals surface area contributed by atoms with Crippen molar-refractivity contribution in [2.24, 2.45) is 0 Å². The molecule has 1 amide bonds. The molecule has 0 aliphatic carbocycles. The maximum atomic E-state index is 13.2. The highest BCUT2D eigenvalue weighted by atomic mass is 35.5. The van der Waals surface area contributed by atoms with Gasteiger partial charge >= 0.3 is 0 Å². The lowest BCUT2D eigenvalue weighted by Crippen LogP contribution is -2.41. The van der Waals surface area contributed by atoms with Crippen molar-refractivity contribution in [3.05, 3.63) is 54.4 Å². The Balaban J connectivity index is 2.07. The molecule has 0 radical (unpaired) electrons. The number of rotatable bonds is 7. The van der Waals surface area contributed by atoms with E-state index in [0.29, 0.717) is 5.56 Å². The number of aromatic nitrogens is 1. The minimum absolute atomic E-state index is 0.160. The molecule has 0 saturated heterocycles. The van der Waals surface area contributed by atoms with Gasteiger partial charge < -0.3 is 10.4 Å². The minimum atomic E-state index is -1.18. The number of halogens is 3. The zero-order valence-electron chi connectivity index (χ0n) is 12.7. The van der Waals surface area contributed by atoms with Crippen LogP contribution in [0.15, 0.2) is 48.8 Å². The van der Waals surface area contributed by atoms with Crippen molar-refractivity contribution in [2.45, 2.75) is 23.4 Å². The Morgan fingerprint density at radius 3 is 2.46 bits per heavy atom. The molecule has 0 aliphatic rings. The highest BCUT2D eigenvalue weighted by Gasteiger charge is 2.23. The van der Waals surface area contributed by atoms with Crippen LogP contribution >= 0.6 is 23.2 Å². The second-order valence-electron chi connectivity index (χ2n) is 5.23. The van der Waals surface area contributed by atoms with Crippen LogP contribution in [0.5, 0.6) is 0 Å². The summed E-state index contributed by atoms with van der Waals surface area (Å²) in [5, 5.41) is 12.7. The topological polar surface area (TPSA) is 62.2 Å². The van der Waals surface area contributed by atoms with Crippen LogP contribution in [0.2, 0.25) is 0 Å². The Kier molecular flexibility index (Phi) is 6.97. The molecular formula is C17H17Cl2FN2O2. The average molecular weight is 371 g/mol. The second kappa shape index (κ2) is 8.97. The number of benzene rings is 1. The minimum Gasteiger partial charge on any atom is -0.386 e. The molecule has 1 heterocycles. The summed E-state index contributed by atoms with van der Waals surface area (Å²) in [6, 6.07) is 9.67. The van der Waals surface area contributed by atoms with Crippen molar-refractivity contribution >= 4 is 29.1 Å². The van der Waals surface area contributed by atoms with Gasteiger partial charge in [-0.2, -0.15) is 0 Å². The van der Waals surface area contributed by atoms with E-state index in [4.69, 9.17) is 23.2 Å². The van der Waals surface area contributed by atoms with Crippen LogP contribution in [-0.4, -0.2) is 33.6 Å². The van der Waals surface area contributed by atoms with Crippen molar-refractivity contribution in [1.29, 1.82) is 0 Å². The first kappa shape index (κ1) is 18.6. The van der Waals surface area contributed by atoms with Gasteiger partial charge in [0, 0.05) is 12.4 Å². The molecule has 4 nitrogen and oxygen atoms in total. The zero-order chi connectivity index (χ0) is 17.5. The van der Waals surface area contributed by atoms with Crippen LogP contribution in [0.4, 0.5) is 4.39 Å². The number of alkyl halides is 3. The lowest BCUT2D eigenvalue weighted by Gasteiger charge is -2.22. The van der Waals surface area contributed by atoms with E-state index >= 15 is 0 Å². The summed E-state index contributed by atoms with van der Waals surface area (Å²) in [5.74, 6) is -0.515. The van der Waals surface area contributed by atoms with E-state index in [2.05, 4.69) is 10.3 Å². The summed E-state index contributed by atoms with van der Waals surface area (Å²) in [5.41, 5.74) is 2.36. The maximum absolute atomic E-state index is 13.2. The molecule has 0 spiro atoms. The number of carbonyl (C=O) groups is 1. The number of aliphatic hydroxyl groups excluding tert-OH is 1. The predicted molar refractivity (Wildman–Crippen MR) is 92.6 cm³/mol. The first-order valence-corrected chi connectivity index (χ1v) is 8.20. The Morgan fingerprint density at radius 2 is 1.92 bits per heavy atom. The van der Waals surface area contributed by atoms with Gasteiger partial charge in [-0.25, -0.2) is 4.39 Å². The summed E-state index contributed by atoms with van der Waals surface area (Å²) in [6.07, 6.45) is 2.07. The van der Waals surface area contributed by atoms with Gasteiger partial charge in [0.05, 0.1) is 12.5 Å². The molecule has 2 rings (SSSR count). The highest BCUT2D eigenvalue weighted by Crippen LogP contribution is 2.23. The monoisotopic (exact) mass is 370 g/mol. The van der Waals surface area contributed by atoms with Crippen molar-refractivity contribution in [3.63, 3.8) is 0 Å². The lowest BCUT2D eigenvalue weighted by atomic mass is 9.99. The zero-order valence-corrected chi connectivity index (χ0v) is 14.2. The van der Waals surface area contributed by atoms with Gasteiger partial charge in [0.15, 0.2) is 0 Å². The Hall–Kier alpha value is -1.69. The van der Waals surface area contributed by atoms with E-state index in [0.717, 1.165) is 11.1 Å². The molecule has 0 fully saturated rings. The summed E-state index contributed by atoms with van der Waals surface area (Å²) < 4.78 is 13.2. The molecule has 0 bridgehead atoms. The summed E-state index contributed by atoms with van der Waals surface area (Å²) in [6.45, 7) is -0.910. The first-order chi connectivity index (χ1) is 11.5. The third-order valence-corrected chi connectivity index (χ3v) is 3.79. The van der Waals surface area contributed by atoms with E-state index in [9.17, 15) is 14.3 Å². The fourth-order valence-electron chi connectivity index (χ4n) is 2.25. The molecule has 1 aromatic heterocycles. The lowest BCUT2D eigenvalue weighted by molar-refractivity contribution is -0.122. The highest BCUT2D eigenvalue weighted by molar-refractivity contribution is 6.45. The van der Waals surface area contributed by atoms with Gasteiger partial charge in [-0.15, -0.1) is 23.2 Å². The van der Waals surface area contributed by atoms with Gasteiger partial charge in [0.25, 0.3) is 0 Å². The number of pyridine rings is 1. The van der Waals surface area contributed by atoms with Gasteiger partial charge in [-0.1, -0.05) is 30.3 Å². The third-order valence-electron chi connectivity index (χ3n) is 3.48. The first-order valence-electron chi connectivity index (χ1n) is 7.33. The number of hydrogen-bond acceptors (Lipinski definition) is 3. The summed E-state index contributed by atoms with van der Waals surface area (Å²) in [7, 11) is 0. The SMILES string of the molecule is O=C(CC(Cl)Cl)N[C@H](CF)[C@H](O)c1ccc(-c2cccnc2)cc1. The molecule has 2 N–H and O–H groups in total. The van der Waals surface area contributed by atoms with Gasteiger partial charge in [-0.05, 0) is 22.8 Å². The summed E-state index contributed by atoms with van der Waals surface area (Å²) >= 11 is 11.0. The smallest absolute Gasteiger partial charge is 0.223 e. The molecule has 7 heteroatoms. The second-order valence-corrected chi connectivity index (χ2v) is 6.51. The van der Waals surface area contributed by atoms with Crippen LogP contribution < -0.4 is 5.32 Å². The molecule has 2 aromatic rings. The van der Waals surface area contributed by atoms with E-state index < -0.39 is 29.6 Å².